The third-order valence-corrected chi connectivity index (χ3v) is 10.5. The second kappa shape index (κ2) is 11.7. The van der Waals surface area contributed by atoms with E-state index in [0.29, 0.717) is 15.4 Å². The summed E-state index contributed by atoms with van der Waals surface area (Å²) in [5.41, 5.74) is 1.27. The Morgan fingerprint density at radius 1 is 0.780 bits per heavy atom. The number of nitrogens with zero attached hydrogens (tertiary/aromatic N) is 3. The molecule has 0 atom stereocenters. The fourth-order valence-corrected chi connectivity index (χ4v) is 7.56. The fourth-order valence-electron chi connectivity index (χ4n) is 4.35. The van der Waals surface area contributed by atoms with Crippen LogP contribution in [0, 0.1) is 13.8 Å². The van der Waals surface area contributed by atoms with Gasteiger partial charge < -0.3 is 0 Å². The summed E-state index contributed by atoms with van der Waals surface area (Å²) in [6.45, 7) is 3.41. The normalized spacial score (nSPS) is 11.5. The van der Waals surface area contributed by atoms with Gasteiger partial charge in [0.1, 0.15) is 0 Å². The molecule has 0 aliphatic heterocycles. The van der Waals surface area contributed by atoms with Crippen LogP contribution in [0.5, 0.6) is 0 Å². The molecule has 5 aromatic rings. The van der Waals surface area contributed by atoms with Gasteiger partial charge in [0.25, 0.3) is 0 Å². The number of aryl methyl sites for hydroxylation is 2. The molecule has 0 unspecified atom stereocenters. The standard InChI is InChI=1S/C31H27N3O5SSe/c1-22-13-15-27(16-14-22)40(38,39)33-19-25(26(20-33)21-41-28-11-7-4-8-12-28)18-32-17-23(2)29(35)34(31(32)37)30(36)24-9-5-3-6-10-24/h3-17,19-20H,18,21H2,1-2H3. The van der Waals surface area contributed by atoms with Gasteiger partial charge in [0.2, 0.25) is 0 Å². The van der Waals surface area contributed by atoms with Gasteiger partial charge in [-0.15, -0.1) is 0 Å². The zero-order valence-electron chi connectivity index (χ0n) is 22.4. The van der Waals surface area contributed by atoms with Crippen molar-refractivity contribution in [3.8, 4) is 0 Å². The first-order valence-electron chi connectivity index (χ1n) is 12.8. The predicted octanol–water partition coefficient (Wildman–Crippen LogP) is 2.93. The van der Waals surface area contributed by atoms with Crippen LogP contribution in [-0.4, -0.2) is 42.4 Å². The van der Waals surface area contributed by atoms with Gasteiger partial charge in [-0.05, 0) is 0 Å². The van der Waals surface area contributed by atoms with Gasteiger partial charge in [-0.25, -0.2) is 0 Å². The molecule has 2 aromatic heterocycles. The van der Waals surface area contributed by atoms with Crippen molar-refractivity contribution in [2.24, 2.45) is 0 Å². The number of carbonyl (C=O) groups excluding carboxylic acids is 1. The van der Waals surface area contributed by atoms with Gasteiger partial charge >= 0.3 is 244 Å². The van der Waals surface area contributed by atoms with Crippen LogP contribution in [0.4, 0.5) is 0 Å². The Balaban J connectivity index is 1.57. The zero-order chi connectivity index (χ0) is 29.1. The van der Waals surface area contributed by atoms with Crippen molar-refractivity contribution in [1.82, 2.24) is 13.1 Å². The number of hydrogen-bond donors (Lipinski definition) is 0. The van der Waals surface area contributed by atoms with Crippen LogP contribution < -0.4 is 15.7 Å². The van der Waals surface area contributed by atoms with Gasteiger partial charge in [-0.3, -0.25) is 0 Å². The van der Waals surface area contributed by atoms with E-state index in [0.717, 1.165) is 15.6 Å². The van der Waals surface area contributed by atoms with Gasteiger partial charge in [0, 0.05) is 0 Å². The van der Waals surface area contributed by atoms with Crippen molar-refractivity contribution in [2.45, 2.75) is 30.6 Å². The Bertz CT molecular complexity index is 1940. The summed E-state index contributed by atoms with van der Waals surface area (Å²) in [7, 11) is -3.89. The molecular weight excluding hydrogens is 605 g/mol. The molecule has 0 saturated carbocycles. The first-order valence-corrected chi connectivity index (χ1v) is 16.3. The van der Waals surface area contributed by atoms with Gasteiger partial charge in [-0.1, -0.05) is 0 Å². The second-order valence-corrected chi connectivity index (χ2v) is 13.6. The Kier molecular flexibility index (Phi) is 8.08. The summed E-state index contributed by atoms with van der Waals surface area (Å²) in [5.74, 6) is -0.717. The van der Waals surface area contributed by atoms with Crippen LogP contribution in [0.25, 0.3) is 0 Å². The monoisotopic (exact) mass is 633 g/mol. The molecule has 208 valence electrons. The maximum absolute atomic E-state index is 13.5. The van der Waals surface area contributed by atoms with Crippen molar-refractivity contribution < 1.29 is 13.2 Å². The van der Waals surface area contributed by atoms with Crippen LogP contribution in [-0.2, 0) is 21.9 Å². The van der Waals surface area contributed by atoms with E-state index in [1.165, 1.54) is 20.9 Å². The SMILES string of the molecule is Cc1ccc(S(=O)(=O)n2cc(C[Se]c3ccccc3)c(Cn3cc(C)c(=O)n(C(=O)c4ccccc4)c3=O)c2)cc1. The molecule has 0 spiro atoms. The number of benzene rings is 3. The van der Waals surface area contributed by atoms with E-state index < -0.39 is 27.2 Å². The molecular formula is C31H27N3O5SSe. The van der Waals surface area contributed by atoms with E-state index in [1.54, 1.807) is 67.7 Å². The zero-order valence-corrected chi connectivity index (χ0v) is 25.0. The second-order valence-electron chi connectivity index (χ2n) is 9.59. The first kappa shape index (κ1) is 28.3. The van der Waals surface area contributed by atoms with E-state index >= 15 is 0 Å². The molecule has 0 aliphatic rings. The molecule has 0 amide bonds. The molecule has 5 rings (SSSR count). The molecule has 10 heteroatoms. The molecule has 3 aromatic carbocycles. The van der Waals surface area contributed by atoms with Crippen molar-refractivity contribution in [1.29, 1.82) is 0 Å². The molecule has 2 heterocycles. The predicted molar refractivity (Wildman–Crippen MR) is 159 cm³/mol. The van der Waals surface area contributed by atoms with Crippen LogP contribution in [0.15, 0.2) is 118 Å². The number of hydrogen-bond acceptors (Lipinski definition) is 5. The topological polar surface area (TPSA) is 100 Å². The van der Waals surface area contributed by atoms with E-state index in [4.69, 9.17) is 0 Å². The van der Waals surface area contributed by atoms with Gasteiger partial charge in [0.05, 0.1) is 0 Å². The number of carbonyl (C=O) groups is 1. The summed E-state index contributed by atoms with van der Waals surface area (Å²) < 4.78 is 31.3. The van der Waals surface area contributed by atoms with E-state index in [9.17, 15) is 22.8 Å². The van der Waals surface area contributed by atoms with Crippen molar-refractivity contribution in [3.63, 3.8) is 0 Å². The quantitative estimate of drug-likeness (QED) is 0.245. The molecule has 0 N–H and O–H groups in total. The summed E-state index contributed by atoms with van der Waals surface area (Å²) in [6.07, 6.45) is 4.53. The van der Waals surface area contributed by atoms with Crippen LogP contribution in [0.1, 0.15) is 32.6 Å². The summed E-state index contributed by atoms with van der Waals surface area (Å²) in [6, 6.07) is 24.7. The van der Waals surface area contributed by atoms with E-state index in [2.05, 4.69) is 0 Å². The average Bonchev–Trinajstić information content (AvgIpc) is 3.39. The molecule has 0 bridgehead atoms. The third kappa shape index (κ3) is 5.95. The Labute approximate surface area is 243 Å². The van der Waals surface area contributed by atoms with Gasteiger partial charge in [0.15, 0.2) is 0 Å². The maximum atomic E-state index is 13.5. The minimum absolute atomic E-state index is 0.00124. The number of aromatic nitrogens is 3. The van der Waals surface area contributed by atoms with Crippen molar-refractivity contribution >= 4 is 35.3 Å². The Morgan fingerprint density at radius 2 is 1.39 bits per heavy atom. The third-order valence-electron chi connectivity index (χ3n) is 6.60. The molecule has 0 fully saturated rings. The molecule has 0 aliphatic carbocycles. The van der Waals surface area contributed by atoms with Gasteiger partial charge in [-0.2, -0.15) is 0 Å². The molecule has 8 nitrogen and oxygen atoms in total. The first-order chi connectivity index (χ1) is 19.6. The van der Waals surface area contributed by atoms with Crippen LogP contribution in [0.3, 0.4) is 0 Å². The number of rotatable bonds is 8. The van der Waals surface area contributed by atoms with E-state index in [-0.39, 0.29) is 37.5 Å². The molecule has 41 heavy (non-hydrogen) atoms. The fraction of sp³-hybridized carbons (Fsp3) is 0.129. The minimum atomic E-state index is -3.89. The Hall–Kier alpha value is -4.24. The van der Waals surface area contributed by atoms with Crippen molar-refractivity contribution in [2.75, 3.05) is 0 Å². The summed E-state index contributed by atoms with van der Waals surface area (Å²) in [4.78, 5) is 39.7. The van der Waals surface area contributed by atoms with E-state index in [1.807, 2.05) is 37.3 Å². The van der Waals surface area contributed by atoms with Crippen LogP contribution >= 0.6 is 0 Å². The molecule has 0 saturated heterocycles. The summed E-state index contributed by atoms with van der Waals surface area (Å²) in [5, 5.41) is 0.582. The van der Waals surface area contributed by atoms with Crippen molar-refractivity contribution in [3.05, 3.63) is 152 Å². The Morgan fingerprint density at radius 3 is 2.05 bits per heavy atom. The molecule has 0 radical (unpaired) electrons. The summed E-state index contributed by atoms with van der Waals surface area (Å²) >= 11 is -0.00124. The average molecular weight is 633 g/mol. The van der Waals surface area contributed by atoms with Crippen LogP contribution in [0.2, 0.25) is 0 Å².